The molecule has 0 radical (unpaired) electrons. The van der Waals surface area contributed by atoms with Gasteiger partial charge in [-0.05, 0) is 24.6 Å². The molecule has 4 rings (SSSR count). The topological polar surface area (TPSA) is 87.3 Å². The van der Waals surface area contributed by atoms with Crippen molar-refractivity contribution in [3.8, 4) is 5.75 Å². The number of nitrogens with zero attached hydrogens (tertiary/aromatic N) is 2. The molecule has 1 aliphatic heterocycles. The quantitative estimate of drug-likeness (QED) is 0.754. The summed E-state index contributed by atoms with van der Waals surface area (Å²) in [5.74, 6) is 0.122. The number of benzene rings is 2. The summed E-state index contributed by atoms with van der Waals surface area (Å²) >= 11 is 0. The van der Waals surface area contributed by atoms with Gasteiger partial charge >= 0.3 is 0 Å². The number of para-hydroxylation sites is 3. The normalized spacial score (nSPS) is 16.9. The van der Waals surface area contributed by atoms with Crippen LogP contribution >= 0.6 is 0 Å². The number of methoxy groups -OCH3 is 1. The lowest BCUT2D eigenvalue weighted by atomic mass is 10.2. The fraction of sp³-hybridized carbons (Fsp3) is 0.211. The summed E-state index contributed by atoms with van der Waals surface area (Å²) in [6.07, 6.45) is 0.533. The van der Waals surface area contributed by atoms with Gasteiger partial charge in [-0.3, -0.25) is 14.7 Å². The van der Waals surface area contributed by atoms with Crippen LogP contribution in [0.25, 0.3) is 10.9 Å². The standard InChI is InChI=1S/C19H18N4O3/c1-26-16-9-5-4-8-15(16)23-11-10-14(19(23)25)20-18(24)17-12-6-2-3-7-13(12)21-22-17/h2-9,14H,10-11H2,1H3,(H,20,24)(H,21,22). The molecule has 1 aliphatic rings. The van der Waals surface area contributed by atoms with Crippen LogP contribution in [-0.2, 0) is 4.79 Å². The third-order valence-electron chi connectivity index (χ3n) is 4.57. The number of amides is 2. The molecule has 2 N–H and O–H groups in total. The number of hydrogen-bond acceptors (Lipinski definition) is 4. The van der Waals surface area contributed by atoms with Gasteiger partial charge < -0.3 is 15.0 Å². The lowest BCUT2D eigenvalue weighted by Gasteiger charge is -2.19. The number of aromatic amines is 1. The molecule has 7 nitrogen and oxygen atoms in total. The minimum atomic E-state index is -0.581. The predicted octanol–water partition coefficient (Wildman–Crippen LogP) is 2.11. The van der Waals surface area contributed by atoms with Crippen molar-refractivity contribution in [1.82, 2.24) is 15.5 Å². The first-order valence-electron chi connectivity index (χ1n) is 8.37. The van der Waals surface area contributed by atoms with Crippen molar-refractivity contribution >= 4 is 28.4 Å². The van der Waals surface area contributed by atoms with E-state index in [0.29, 0.717) is 30.1 Å². The average Bonchev–Trinajstić information content (AvgIpc) is 3.26. The maximum atomic E-state index is 12.8. The van der Waals surface area contributed by atoms with Gasteiger partial charge in [-0.2, -0.15) is 5.10 Å². The Morgan fingerprint density at radius 3 is 2.85 bits per heavy atom. The fourth-order valence-electron chi connectivity index (χ4n) is 3.27. The number of ether oxygens (including phenoxy) is 1. The van der Waals surface area contributed by atoms with E-state index in [9.17, 15) is 9.59 Å². The van der Waals surface area contributed by atoms with Crippen molar-refractivity contribution in [2.24, 2.45) is 0 Å². The van der Waals surface area contributed by atoms with E-state index in [-0.39, 0.29) is 11.8 Å². The zero-order valence-corrected chi connectivity index (χ0v) is 14.2. The summed E-state index contributed by atoms with van der Waals surface area (Å²) in [6, 6.07) is 14.2. The summed E-state index contributed by atoms with van der Waals surface area (Å²) in [5, 5.41) is 10.5. The van der Waals surface area contributed by atoms with Gasteiger partial charge in [0.05, 0.1) is 18.3 Å². The number of rotatable bonds is 4. The molecule has 1 aromatic heterocycles. The Bertz CT molecular complexity index is 982. The number of aromatic nitrogens is 2. The lowest BCUT2D eigenvalue weighted by molar-refractivity contribution is -0.118. The molecule has 0 spiro atoms. The number of nitrogens with one attached hydrogen (secondary N) is 2. The smallest absolute Gasteiger partial charge is 0.273 e. The lowest BCUT2D eigenvalue weighted by Crippen LogP contribution is -2.41. The van der Waals surface area contributed by atoms with E-state index in [1.807, 2.05) is 48.5 Å². The molecule has 2 aromatic carbocycles. The molecule has 1 saturated heterocycles. The highest BCUT2D eigenvalue weighted by molar-refractivity contribution is 6.08. The second-order valence-electron chi connectivity index (χ2n) is 6.09. The van der Waals surface area contributed by atoms with Crippen molar-refractivity contribution in [3.05, 3.63) is 54.2 Å². The number of H-pyrrole nitrogens is 1. The second-order valence-corrected chi connectivity index (χ2v) is 6.09. The molecule has 7 heteroatoms. The van der Waals surface area contributed by atoms with Crippen molar-refractivity contribution in [2.75, 3.05) is 18.6 Å². The number of hydrogen-bond donors (Lipinski definition) is 2. The van der Waals surface area contributed by atoms with Crippen LogP contribution in [0.2, 0.25) is 0 Å². The second kappa shape index (κ2) is 6.51. The maximum Gasteiger partial charge on any atom is 0.273 e. The monoisotopic (exact) mass is 350 g/mol. The van der Waals surface area contributed by atoms with E-state index in [4.69, 9.17) is 4.74 Å². The first kappa shape index (κ1) is 16.1. The van der Waals surface area contributed by atoms with Crippen molar-refractivity contribution in [1.29, 1.82) is 0 Å². The van der Waals surface area contributed by atoms with Crippen molar-refractivity contribution in [2.45, 2.75) is 12.5 Å². The Morgan fingerprint density at radius 2 is 2.00 bits per heavy atom. The van der Waals surface area contributed by atoms with Gasteiger partial charge in [0.25, 0.3) is 5.91 Å². The molecule has 26 heavy (non-hydrogen) atoms. The molecule has 132 valence electrons. The molecular formula is C19H18N4O3. The summed E-state index contributed by atoms with van der Waals surface area (Å²) in [4.78, 5) is 27.0. The van der Waals surface area contributed by atoms with Crippen LogP contribution in [0.1, 0.15) is 16.9 Å². The largest absolute Gasteiger partial charge is 0.495 e. The average molecular weight is 350 g/mol. The third-order valence-corrected chi connectivity index (χ3v) is 4.57. The Labute approximate surface area is 149 Å². The van der Waals surface area contributed by atoms with Crippen LogP contribution in [0.3, 0.4) is 0 Å². The van der Waals surface area contributed by atoms with Crippen LogP contribution in [0.15, 0.2) is 48.5 Å². The van der Waals surface area contributed by atoms with Gasteiger partial charge in [-0.15, -0.1) is 0 Å². The third kappa shape index (κ3) is 2.67. The van der Waals surface area contributed by atoms with E-state index >= 15 is 0 Å². The van der Waals surface area contributed by atoms with E-state index in [2.05, 4.69) is 15.5 Å². The Hall–Kier alpha value is -3.35. The highest BCUT2D eigenvalue weighted by Crippen LogP contribution is 2.31. The molecule has 0 aliphatic carbocycles. The van der Waals surface area contributed by atoms with E-state index in [0.717, 1.165) is 10.9 Å². The van der Waals surface area contributed by atoms with Crippen LogP contribution in [-0.4, -0.2) is 41.7 Å². The van der Waals surface area contributed by atoms with Crippen molar-refractivity contribution < 1.29 is 14.3 Å². The highest BCUT2D eigenvalue weighted by atomic mass is 16.5. The van der Waals surface area contributed by atoms with Crippen LogP contribution in [0, 0.1) is 0 Å². The molecule has 0 bridgehead atoms. The number of fused-ring (bicyclic) bond motifs is 1. The van der Waals surface area contributed by atoms with Crippen LogP contribution < -0.4 is 15.0 Å². The molecule has 1 unspecified atom stereocenters. The highest BCUT2D eigenvalue weighted by Gasteiger charge is 2.35. The number of anilines is 1. The molecule has 1 atom stereocenters. The van der Waals surface area contributed by atoms with Crippen LogP contribution in [0.5, 0.6) is 5.75 Å². The minimum Gasteiger partial charge on any atom is -0.495 e. The summed E-state index contributed by atoms with van der Waals surface area (Å²) < 4.78 is 5.33. The van der Waals surface area contributed by atoms with Gasteiger partial charge in [-0.25, -0.2) is 0 Å². The zero-order chi connectivity index (χ0) is 18.1. The van der Waals surface area contributed by atoms with E-state index in [1.54, 1.807) is 12.0 Å². The molecular weight excluding hydrogens is 332 g/mol. The summed E-state index contributed by atoms with van der Waals surface area (Å²) in [6.45, 7) is 0.519. The van der Waals surface area contributed by atoms with E-state index < -0.39 is 6.04 Å². The molecule has 1 fully saturated rings. The summed E-state index contributed by atoms with van der Waals surface area (Å²) in [7, 11) is 1.57. The number of carbonyl (C=O) groups is 2. The molecule has 2 heterocycles. The van der Waals surface area contributed by atoms with Gasteiger partial charge in [0.1, 0.15) is 11.8 Å². The Balaban J connectivity index is 1.53. The SMILES string of the molecule is COc1ccccc1N1CCC(NC(=O)c2n[nH]c3ccccc23)C1=O. The van der Waals surface area contributed by atoms with E-state index in [1.165, 1.54) is 0 Å². The fourth-order valence-corrected chi connectivity index (χ4v) is 3.27. The Kier molecular flexibility index (Phi) is 4.04. The summed E-state index contributed by atoms with van der Waals surface area (Å²) in [5.41, 5.74) is 1.79. The maximum absolute atomic E-state index is 12.8. The first-order chi connectivity index (χ1) is 12.7. The molecule has 0 saturated carbocycles. The Morgan fingerprint density at radius 1 is 1.23 bits per heavy atom. The van der Waals surface area contributed by atoms with Gasteiger partial charge in [0.15, 0.2) is 5.69 Å². The van der Waals surface area contributed by atoms with Crippen molar-refractivity contribution in [3.63, 3.8) is 0 Å². The zero-order valence-electron chi connectivity index (χ0n) is 14.2. The molecule has 2 amide bonds. The van der Waals surface area contributed by atoms with Crippen LogP contribution in [0.4, 0.5) is 5.69 Å². The first-order valence-corrected chi connectivity index (χ1v) is 8.37. The predicted molar refractivity (Wildman–Crippen MR) is 97.3 cm³/mol. The van der Waals surface area contributed by atoms with Gasteiger partial charge in [0, 0.05) is 11.9 Å². The molecule has 3 aromatic rings. The van der Waals surface area contributed by atoms with Gasteiger partial charge in [-0.1, -0.05) is 30.3 Å². The minimum absolute atomic E-state index is 0.150. The van der Waals surface area contributed by atoms with Gasteiger partial charge in [0.2, 0.25) is 5.91 Å². The number of carbonyl (C=O) groups excluding carboxylic acids is 2.